The van der Waals surface area contributed by atoms with E-state index in [4.69, 9.17) is 35.4 Å². The molecule has 36 heavy (non-hydrogen) atoms. The Morgan fingerprint density at radius 1 is 1.11 bits per heavy atom. The Hall–Kier alpha value is -3.65. The molecule has 15 heteroatoms. The Kier molecular flexibility index (Phi) is 6.91. The molecule has 11 nitrogen and oxygen atoms in total. The van der Waals surface area contributed by atoms with Crippen LogP contribution < -0.4 is 0 Å². The smallest absolute Gasteiger partial charge is 0.274 e. The van der Waals surface area contributed by atoms with E-state index in [1.165, 1.54) is 37.4 Å². The van der Waals surface area contributed by atoms with Gasteiger partial charge in [0, 0.05) is 30.3 Å². The first-order chi connectivity index (χ1) is 17.0. The van der Waals surface area contributed by atoms with Crippen molar-refractivity contribution < 1.29 is 19.4 Å². The molecule has 2 heterocycles. The third kappa shape index (κ3) is 4.73. The van der Waals surface area contributed by atoms with Crippen molar-refractivity contribution in [1.29, 1.82) is 0 Å². The summed E-state index contributed by atoms with van der Waals surface area (Å²) in [6.45, 7) is 1.21. The zero-order valence-electron chi connectivity index (χ0n) is 17.9. The molecular formula is C21H11Cl2N5O6S2. The van der Waals surface area contributed by atoms with E-state index in [1.54, 1.807) is 6.07 Å². The first-order valence-corrected chi connectivity index (χ1v) is 11.7. The number of benzene rings is 2. The van der Waals surface area contributed by atoms with Crippen molar-refractivity contribution in [3.8, 4) is 16.9 Å². The van der Waals surface area contributed by atoms with Crippen LogP contribution in [0.2, 0.25) is 10.0 Å². The van der Waals surface area contributed by atoms with Crippen LogP contribution >= 0.6 is 47.2 Å². The second-order valence-electron chi connectivity index (χ2n) is 7.23. The molecule has 1 aliphatic heterocycles. The third-order valence-corrected chi connectivity index (χ3v) is 6.99. The van der Waals surface area contributed by atoms with Gasteiger partial charge in [0.1, 0.15) is 11.4 Å². The average molecular weight is 564 g/mol. The number of aromatic nitrogens is 2. The molecule has 0 bridgehead atoms. The lowest BCUT2D eigenvalue weighted by Crippen LogP contribution is -2.32. The lowest BCUT2D eigenvalue weighted by Gasteiger charge is -2.07. The summed E-state index contributed by atoms with van der Waals surface area (Å²) in [5.41, 5.74) is 0.0144. The van der Waals surface area contributed by atoms with Crippen LogP contribution in [0.4, 0.5) is 11.4 Å². The van der Waals surface area contributed by atoms with Crippen molar-refractivity contribution in [2.75, 3.05) is 0 Å². The quantitative estimate of drug-likeness (QED) is 0.172. The van der Waals surface area contributed by atoms with E-state index in [-0.39, 0.29) is 30.7 Å². The molecule has 4 rings (SSSR count). The lowest BCUT2D eigenvalue weighted by molar-refractivity contribution is -0.394. The molecule has 0 saturated carbocycles. The maximum absolute atomic E-state index is 12.7. The standard InChI is InChI=1S/C21H11Cl2N5O6S2/c1-10(29)26-20(30)18(36-21(26)35)7-12-9-25(24-19(12)11-2-4-14(22)15(23)6-11)16-5-3-13(27(31)32)8-17(16)28(33)34/h2-9H,1H3/b18-7-. The molecule has 0 unspecified atom stereocenters. The summed E-state index contributed by atoms with van der Waals surface area (Å²) in [6, 6.07) is 7.81. The van der Waals surface area contributed by atoms with Crippen LogP contribution in [-0.4, -0.2) is 40.7 Å². The van der Waals surface area contributed by atoms with E-state index >= 15 is 0 Å². The van der Waals surface area contributed by atoms with Crippen molar-refractivity contribution in [2.24, 2.45) is 0 Å². The first kappa shape index (κ1) is 25.4. The fourth-order valence-corrected chi connectivity index (χ4v) is 4.96. The molecule has 0 N–H and O–H groups in total. The molecule has 1 fully saturated rings. The highest BCUT2D eigenvalue weighted by Gasteiger charge is 2.35. The number of carbonyl (C=O) groups is 2. The normalized spacial score (nSPS) is 14.5. The third-order valence-electron chi connectivity index (χ3n) is 4.94. The van der Waals surface area contributed by atoms with Crippen LogP contribution in [-0.2, 0) is 9.59 Å². The Bertz CT molecular complexity index is 1540. The molecule has 1 aromatic heterocycles. The van der Waals surface area contributed by atoms with E-state index in [0.29, 0.717) is 11.1 Å². The van der Waals surface area contributed by atoms with E-state index in [1.807, 2.05) is 0 Å². The molecule has 182 valence electrons. The predicted molar refractivity (Wildman–Crippen MR) is 138 cm³/mol. The average Bonchev–Trinajstić information content (AvgIpc) is 3.35. The van der Waals surface area contributed by atoms with Crippen LogP contribution in [0, 0.1) is 20.2 Å². The lowest BCUT2D eigenvalue weighted by atomic mass is 10.1. The Morgan fingerprint density at radius 3 is 2.42 bits per heavy atom. The van der Waals surface area contributed by atoms with Crippen molar-refractivity contribution in [3.63, 3.8) is 0 Å². The van der Waals surface area contributed by atoms with E-state index in [9.17, 15) is 29.8 Å². The summed E-state index contributed by atoms with van der Waals surface area (Å²) in [5.74, 6) is -1.16. The fourth-order valence-electron chi connectivity index (χ4n) is 3.33. The highest BCUT2D eigenvalue weighted by atomic mass is 35.5. The molecule has 0 spiro atoms. The summed E-state index contributed by atoms with van der Waals surface area (Å²) < 4.78 is 1.23. The van der Waals surface area contributed by atoms with E-state index in [0.717, 1.165) is 33.5 Å². The number of nitro benzene ring substituents is 2. The highest BCUT2D eigenvalue weighted by Crippen LogP contribution is 2.37. The van der Waals surface area contributed by atoms with Gasteiger partial charge in [0.15, 0.2) is 4.32 Å². The monoisotopic (exact) mass is 563 g/mol. The Labute approximate surface area is 221 Å². The second kappa shape index (κ2) is 9.78. The fraction of sp³-hybridized carbons (Fsp3) is 0.0476. The van der Waals surface area contributed by atoms with Crippen LogP contribution in [0.1, 0.15) is 12.5 Å². The Morgan fingerprint density at radius 2 is 1.83 bits per heavy atom. The summed E-state index contributed by atoms with van der Waals surface area (Å²) in [5, 5.41) is 27.7. The van der Waals surface area contributed by atoms with Crippen molar-refractivity contribution in [3.05, 3.63) is 83.3 Å². The summed E-state index contributed by atoms with van der Waals surface area (Å²) in [4.78, 5) is 46.8. The zero-order chi connectivity index (χ0) is 26.3. The number of carbonyl (C=O) groups excluding carboxylic acids is 2. The molecule has 0 aliphatic carbocycles. The minimum absolute atomic E-state index is 0.0529. The van der Waals surface area contributed by atoms with Crippen molar-refractivity contribution in [1.82, 2.24) is 14.7 Å². The first-order valence-electron chi connectivity index (χ1n) is 9.74. The molecule has 0 atom stereocenters. The van der Waals surface area contributed by atoms with Gasteiger partial charge in [0.25, 0.3) is 11.6 Å². The number of non-ortho nitro benzene ring substituents is 1. The second-order valence-corrected chi connectivity index (χ2v) is 9.72. The molecule has 2 aromatic carbocycles. The van der Waals surface area contributed by atoms with Gasteiger partial charge in [-0.1, -0.05) is 53.2 Å². The Balaban J connectivity index is 1.92. The van der Waals surface area contributed by atoms with Gasteiger partial charge < -0.3 is 0 Å². The number of hydrogen-bond acceptors (Lipinski definition) is 9. The minimum Gasteiger partial charge on any atom is -0.274 e. The number of thioether (sulfide) groups is 1. The van der Waals surface area contributed by atoms with Gasteiger partial charge >= 0.3 is 5.69 Å². The number of nitrogens with zero attached hydrogens (tertiary/aromatic N) is 5. The van der Waals surface area contributed by atoms with Gasteiger partial charge in [-0.25, -0.2) is 9.58 Å². The number of halogens is 2. The van der Waals surface area contributed by atoms with Crippen molar-refractivity contribution >= 4 is 80.8 Å². The van der Waals surface area contributed by atoms with Crippen LogP contribution in [0.15, 0.2) is 47.5 Å². The van der Waals surface area contributed by atoms with Gasteiger partial charge in [0.2, 0.25) is 5.91 Å². The molecule has 2 amide bonds. The van der Waals surface area contributed by atoms with Crippen LogP contribution in [0.5, 0.6) is 0 Å². The molecule has 0 radical (unpaired) electrons. The molecule has 1 saturated heterocycles. The topological polar surface area (TPSA) is 141 Å². The summed E-state index contributed by atoms with van der Waals surface area (Å²) >= 11 is 18.2. The number of imide groups is 1. The van der Waals surface area contributed by atoms with Gasteiger partial charge in [-0.2, -0.15) is 5.10 Å². The highest BCUT2D eigenvalue weighted by molar-refractivity contribution is 8.26. The SMILES string of the molecule is CC(=O)N1C(=O)/C(=C/c2cn(-c3ccc([N+](=O)[O-])cc3[N+](=O)[O-])nc2-c2ccc(Cl)c(Cl)c2)SC1=S. The number of rotatable bonds is 5. The predicted octanol–water partition coefficient (Wildman–Crippen LogP) is 5.41. The number of amides is 2. The van der Waals surface area contributed by atoms with Crippen LogP contribution in [0.3, 0.4) is 0 Å². The summed E-state index contributed by atoms with van der Waals surface area (Å²) in [6.07, 6.45) is 2.85. The van der Waals surface area contributed by atoms with Gasteiger partial charge in [-0.15, -0.1) is 0 Å². The number of hydrogen-bond donors (Lipinski definition) is 0. The maximum atomic E-state index is 12.7. The van der Waals surface area contributed by atoms with Gasteiger partial charge in [-0.05, 0) is 24.3 Å². The van der Waals surface area contributed by atoms with Gasteiger partial charge in [0.05, 0.1) is 30.9 Å². The van der Waals surface area contributed by atoms with Gasteiger partial charge in [-0.3, -0.25) is 29.8 Å². The number of nitro groups is 2. The van der Waals surface area contributed by atoms with Crippen LogP contribution in [0.25, 0.3) is 23.0 Å². The van der Waals surface area contributed by atoms with Crippen molar-refractivity contribution in [2.45, 2.75) is 6.92 Å². The maximum Gasteiger partial charge on any atom is 0.301 e. The van der Waals surface area contributed by atoms with E-state index < -0.39 is 33.0 Å². The minimum atomic E-state index is -0.763. The number of thiocarbonyl (C=S) groups is 1. The molecule has 3 aromatic rings. The molecule has 1 aliphatic rings. The summed E-state index contributed by atoms with van der Waals surface area (Å²) in [7, 11) is 0. The largest absolute Gasteiger partial charge is 0.301 e. The zero-order valence-corrected chi connectivity index (χ0v) is 21.0. The molecular weight excluding hydrogens is 553 g/mol. The van der Waals surface area contributed by atoms with E-state index in [2.05, 4.69) is 5.10 Å².